The highest BCUT2D eigenvalue weighted by molar-refractivity contribution is 7.84. The van der Waals surface area contributed by atoms with Crippen LogP contribution in [0, 0.1) is 13.8 Å². The summed E-state index contributed by atoms with van der Waals surface area (Å²) in [5.74, 6) is 1.62. The van der Waals surface area contributed by atoms with Gasteiger partial charge >= 0.3 is 6.03 Å². The van der Waals surface area contributed by atoms with Crippen LogP contribution in [0.25, 0.3) is 0 Å². The van der Waals surface area contributed by atoms with Gasteiger partial charge in [-0.1, -0.05) is 6.07 Å². The summed E-state index contributed by atoms with van der Waals surface area (Å²) in [7, 11) is -1.08. The van der Waals surface area contributed by atoms with Crippen LogP contribution in [0.5, 0.6) is 0 Å². The second-order valence-corrected chi connectivity index (χ2v) is 6.55. The fraction of sp³-hybridized carbons (Fsp3) is 0.312. The number of nitrogens with one attached hydrogen (secondary N) is 2. The molecule has 5 nitrogen and oxygen atoms in total. The van der Waals surface area contributed by atoms with E-state index in [4.69, 9.17) is 4.42 Å². The van der Waals surface area contributed by atoms with Crippen molar-refractivity contribution in [1.82, 2.24) is 5.32 Å². The Morgan fingerprint density at radius 1 is 1.27 bits per heavy atom. The van der Waals surface area contributed by atoms with E-state index < -0.39 is 10.8 Å². The summed E-state index contributed by atoms with van der Waals surface area (Å²) in [5, 5.41) is 5.61. The Bertz CT molecular complexity index is 709. The van der Waals surface area contributed by atoms with Crippen LogP contribution in [0.4, 0.5) is 10.5 Å². The SMILES string of the molecule is Cc1cc([C@H](C)NC(=O)Nc2cccc([S@](C)=O)c2)c(C)o1. The molecule has 2 N–H and O–H groups in total. The Morgan fingerprint density at radius 3 is 2.59 bits per heavy atom. The predicted octanol–water partition coefficient (Wildman–Crippen LogP) is 3.52. The molecule has 0 aliphatic rings. The number of urea groups is 1. The molecule has 1 aromatic heterocycles. The second kappa shape index (κ2) is 6.79. The van der Waals surface area contributed by atoms with Crippen LogP contribution in [0.1, 0.15) is 30.0 Å². The molecule has 0 aliphatic carbocycles. The lowest BCUT2D eigenvalue weighted by atomic mass is 10.1. The maximum atomic E-state index is 12.1. The zero-order chi connectivity index (χ0) is 16.3. The Kier molecular flexibility index (Phi) is 5.03. The van der Waals surface area contributed by atoms with Gasteiger partial charge in [-0.15, -0.1) is 0 Å². The number of hydrogen-bond acceptors (Lipinski definition) is 3. The average Bonchev–Trinajstić information content (AvgIpc) is 2.77. The Morgan fingerprint density at radius 2 is 2.00 bits per heavy atom. The zero-order valence-corrected chi connectivity index (χ0v) is 13.9. The van der Waals surface area contributed by atoms with Crippen molar-refractivity contribution in [2.75, 3.05) is 11.6 Å². The first kappa shape index (κ1) is 16.3. The van der Waals surface area contributed by atoms with E-state index in [0.29, 0.717) is 10.6 Å². The third kappa shape index (κ3) is 3.98. The predicted molar refractivity (Wildman–Crippen MR) is 87.5 cm³/mol. The number of carbonyl (C=O) groups is 1. The summed E-state index contributed by atoms with van der Waals surface area (Å²) in [6, 6.07) is 8.42. The molecule has 0 saturated heterocycles. The molecule has 0 fully saturated rings. The topological polar surface area (TPSA) is 71.3 Å². The van der Waals surface area contributed by atoms with Crippen molar-refractivity contribution in [1.29, 1.82) is 0 Å². The fourth-order valence-electron chi connectivity index (χ4n) is 2.27. The molecular weight excluding hydrogens is 300 g/mol. The largest absolute Gasteiger partial charge is 0.466 e. The van der Waals surface area contributed by atoms with Crippen molar-refractivity contribution in [3.63, 3.8) is 0 Å². The van der Waals surface area contributed by atoms with Gasteiger partial charge < -0.3 is 15.1 Å². The third-order valence-corrected chi connectivity index (χ3v) is 4.24. The average molecular weight is 320 g/mol. The van der Waals surface area contributed by atoms with E-state index in [9.17, 15) is 9.00 Å². The van der Waals surface area contributed by atoms with Crippen LogP contribution >= 0.6 is 0 Å². The van der Waals surface area contributed by atoms with E-state index >= 15 is 0 Å². The molecule has 0 aliphatic heterocycles. The first-order chi connectivity index (χ1) is 10.4. The van der Waals surface area contributed by atoms with Crippen LogP contribution in [0.2, 0.25) is 0 Å². The molecule has 1 heterocycles. The van der Waals surface area contributed by atoms with Gasteiger partial charge in [-0.2, -0.15) is 0 Å². The lowest BCUT2D eigenvalue weighted by Gasteiger charge is -2.14. The molecule has 1 aromatic carbocycles. The van der Waals surface area contributed by atoms with Gasteiger partial charge in [-0.05, 0) is 45.0 Å². The molecule has 0 saturated carbocycles. The van der Waals surface area contributed by atoms with Gasteiger partial charge in [0, 0.05) is 33.2 Å². The maximum Gasteiger partial charge on any atom is 0.319 e. The summed E-state index contributed by atoms with van der Waals surface area (Å²) < 4.78 is 16.9. The molecule has 0 bridgehead atoms. The fourth-order valence-corrected chi connectivity index (χ4v) is 2.84. The normalized spacial score (nSPS) is 13.5. The van der Waals surface area contributed by atoms with Crippen molar-refractivity contribution in [2.45, 2.75) is 31.7 Å². The van der Waals surface area contributed by atoms with Crippen LogP contribution < -0.4 is 10.6 Å². The van der Waals surface area contributed by atoms with E-state index in [-0.39, 0.29) is 12.1 Å². The highest BCUT2D eigenvalue weighted by atomic mass is 32.2. The van der Waals surface area contributed by atoms with Crippen molar-refractivity contribution in [3.8, 4) is 0 Å². The van der Waals surface area contributed by atoms with Gasteiger partial charge in [0.25, 0.3) is 0 Å². The Hall–Kier alpha value is -2.08. The number of benzene rings is 1. The molecule has 22 heavy (non-hydrogen) atoms. The highest BCUT2D eigenvalue weighted by Gasteiger charge is 2.15. The maximum absolute atomic E-state index is 12.1. The minimum atomic E-state index is -1.08. The molecule has 2 rings (SSSR count). The van der Waals surface area contributed by atoms with Crippen molar-refractivity contribution in [3.05, 3.63) is 47.4 Å². The quantitative estimate of drug-likeness (QED) is 0.905. The van der Waals surface area contributed by atoms with Gasteiger partial charge in [0.1, 0.15) is 11.5 Å². The summed E-state index contributed by atoms with van der Waals surface area (Å²) in [4.78, 5) is 12.7. The summed E-state index contributed by atoms with van der Waals surface area (Å²) in [6.45, 7) is 5.65. The van der Waals surface area contributed by atoms with Gasteiger partial charge in [0.15, 0.2) is 0 Å². The van der Waals surface area contributed by atoms with Crippen molar-refractivity contribution in [2.24, 2.45) is 0 Å². The molecule has 6 heteroatoms. The molecule has 2 amide bonds. The minimum Gasteiger partial charge on any atom is -0.466 e. The monoisotopic (exact) mass is 320 g/mol. The highest BCUT2D eigenvalue weighted by Crippen LogP contribution is 2.21. The van der Waals surface area contributed by atoms with Crippen LogP contribution in [-0.2, 0) is 10.8 Å². The number of rotatable bonds is 4. The number of furan rings is 1. The smallest absolute Gasteiger partial charge is 0.319 e. The van der Waals surface area contributed by atoms with Crippen molar-refractivity contribution >= 4 is 22.5 Å². The Balaban J connectivity index is 2.02. The van der Waals surface area contributed by atoms with Gasteiger partial charge in [0.2, 0.25) is 0 Å². The van der Waals surface area contributed by atoms with Crippen molar-refractivity contribution < 1.29 is 13.4 Å². The zero-order valence-electron chi connectivity index (χ0n) is 13.1. The molecule has 2 atom stereocenters. The van der Waals surface area contributed by atoms with Gasteiger partial charge in [-0.3, -0.25) is 4.21 Å². The minimum absolute atomic E-state index is 0.166. The second-order valence-electron chi connectivity index (χ2n) is 5.17. The molecule has 0 radical (unpaired) electrons. The first-order valence-electron chi connectivity index (χ1n) is 6.94. The van der Waals surface area contributed by atoms with E-state index in [1.54, 1.807) is 30.5 Å². The number of amides is 2. The lowest BCUT2D eigenvalue weighted by molar-refractivity contribution is 0.249. The molecule has 0 spiro atoms. The number of carbonyl (C=O) groups excluding carboxylic acids is 1. The lowest BCUT2D eigenvalue weighted by Crippen LogP contribution is -2.31. The molecule has 0 unspecified atom stereocenters. The van der Waals surface area contributed by atoms with Crippen LogP contribution in [0.15, 0.2) is 39.6 Å². The van der Waals surface area contributed by atoms with Crippen LogP contribution in [-0.4, -0.2) is 16.5 Å². The first-order valence-corrected chi connectivity index (χ1v) is 8.50. The summed E-state index contributed by atoms with van der Waals surface area (Å²) >= 11 is 0. The Labute approximate surface area is 132 Å². The molecule has 2 aromatic rings. The van der Waals surface area contributed by atoms with E-state index in [1.807, 2.05) is 26.8 Å². The summed E-state index contributed by atoms with van der Waals surface area (Å²) in [6.07, 6.45) is 1.60. The van der Waals surface area contributed by atoms with Gasteiger partial charge in [-0.25, -0.2) is 4.79 Å². The van der Waals surface area contributed by atoms with Crippen LogP contribution in [0.3, 0.4) is 0 Å². The number of aryl methyl sites for hydroxylation is 2. The molecule has 118 valence electrons. The molecular formula is C16H20N2O3S. The van der Waals surface area contributed by atoms with E-state index in [2.05, 4.69) is 10.6 Å². The number of hydrogen-bond donors (Lipinski definition) is 2. The van der Waals surface area contributed by atoms with E-state index in [0.717, 1.165) is 17.1 Å². The summed E-state index contributed by atoms with van der Waals surface area (Å²) in [5.41, 5.74) is 1.56. The number of anilines is 1. The van der Waals surface area contributed by atoms with Gasteiger partial charge in [0.05, 0.1) is 6.04 Å². The third-order valence-electron chi connectivity index (χ3n) is 3.32. The van der Waals surface area contributed by atoms with E-state index in [1.165, 1.54) is 0 Å². The standard InChI is InChI=1S/C16H20N2O3S/c1-10-8-15(12(3)21-10)11(2)17-16(19)18-13-6-5-7-14(9-13)22(4)20/h5-9,11H,1-4H3,(H2,17,18,19)/t11-,22-/m0/s1.